The van der Waals surface area contributed by atoms with Crippen LogP contribution in [-0.4, -0.2) is 71.3 Å². The van der Waals surface area contributed by atoms with Crippen LogP contribution in [0.5, 0.6) is 0 Å². The Kier molecular flexibility index (Phi) is 7.27. The summed E-state index contributed by atoms with van der Waals surface area (Å²) in [5.74, 6) is -10.3. The number of carbonyl (C=O) groups is 4. The van der Waals surface area contributed by atoms with Gasteiger partial charge in [-0.1, -0.05) is 20.8 Å². The summed E-state index contributed by atoms with van der Waals surface area (Å²) in [6.45, 7) is 4.57. The maximum Gasteiger partial charge on any atom is 0.471 e. The Bertz CT molecular complexity index is 973. The number of halogens is 5. The number of nitrogens with one attached hydrogen (secondary N) is 3. The predicted molar refractivity (Wildman–Crippen MR) is 113 cm³/mol. The Hall–Kier alpha value is -2.98. The van der Waals surface area contributed by atoms with E-state index >= 15 is 0 Å². The first-order valence-electron chi connectivity index (χ1n) is 11.5. The molecule has 3 N–H and O–H groups in total. The van der Waals surface area contributed by atoms with E-state index < -0.39 is 77.7 Å². The minimum atomic E-state index is -5.29. The zero-order valence-corrected chi connectivity index (χ0v) is 19.9. The van der Waals surface area contributed by atoms with Crippen molar-refractivity contribution in [2.24, 2.45) is 17.3 Å². The van der Waals surface area contributed by atoms with Crippen molar-refractivity contribution in [2.75, 3.05) is 6.54 Å². The second-order valence-corrected chi connectivity index (χ2v) is 10.6. The average Bonchev–Trinajstić information content (AvgIpc) is 3.40. The molecule has 6 atom stereocenters. The lowest BCUT2D eigenvalue weighted by Gasteiger charge is -2.42. The zero-order valence-electron chi connectivity index (χ0n) is 19.9. The lowest BCUT2D eigenvalue weighted by molar-refractivity contribution is -0.177. The van der Waals surface area contributed by atoms with Gasteiger partial charge in [0.25, 0.3) is 5.92 Å². The van der Waals surface area contributed by atoms with Crippen LogP contribution in [0.25, 0.3) is 0 Å². The number of alkyl halides is 5. The van der Waals surface area contributed by atoms with Crippen molar-refractivity contribution in [2.45, 2.75) is 82.7 Å². The molecule has 4 amide bonds. The molecular formula is C22H28F5N5O4. The molecule has 9 nitrogen and oxygen atoms in total. The molecule has 3 fully saturated rings. The molecule has 0 aromatic heterocycles. The Balaban J connectivity index is 1.86. The minimum Gasteiger partial charge on any atom is -0.356 e. The molecule has 2 bridgehead atoms. The molecule has 0 unspecified atom stereocenters. The molecule has 1 aliphatic carbocycles. The summed E-state index contributed by atoms with van der Waals surface area (Å²) in [5.41, 5.74) is -1.26. The van der Waals surface area contributed by atoms with Gasteiger partial charge >= 0.3 is 12.1 Å². The maximum absolute atomic E-state index is 14.6. The van der Waals surface area contributed by atoms with Crippen molar-refractivity contribution in [3.63, 3.8) is 0 Å². The Morgan fingerprint density at radius 3 is 2.36 bits per heavy atom. The lowest BCUT2D eigenvalue weighted by atomic mass is 9.84. The molecule has 200 valence electrons. The first kappa shape index (κ1) is 27.6. The molecule has 36 heavy (non-hydrogen) atoms. The van der Waals surface area contributed by atoms with E-state index in [1.165, 1.54) is 20.8 Å². The number of piperidine rings is 1. The lowest BCUT2D eigenvalue weighted by Crippen LogP contribution is -2.64. The highest BCUT2D eigenvalue weighted by Crippen LogP contribution is 2.52. The number of likely N-dealkylation sites (tertiary alicyclic amines) is 1. The first-order chi connectivity index (χ1) is 16.5. The van der Waals surface area contributed by atoms with Crippen molar-refractivity contribution in [1.29, 1.82) is 5.26 Å². The van der Waals surface area contributed by atoms with Gasteiger partial charge in [0, 0.05) is 24.9 Å². The smallest absolute Gasteiger partial charge is 0.356 e. The molecule has 14 heteroatoms. The fourth-order valence-corrected chi connectivity index (χ4v) is 5.20. The normalized spacial score (nSPS) is 28.8. The van der Waals surface area contributed by atoms with Crippen LogP contribution in [0.4, 0.5) is 22.0 Å². The third kappa shape index (κ3) is 5.39. The number of hydrogen-bond acceptors (Lipinski definition) is 5. The zero-order chi connectivity index (χ0) is 27.2. The van der Waals surface area contributed by atoms with Crippen molar-refractivity contribution >= 4 is 23.6 Å². The van der Waals surface area contributed by atoms with Gasteiger partial charge in [-0.25, -0.2) is 8.78 Å². The molecule has 0 aromatic carbocycles. The van der Waals surface area contributed by atoms with Gasteiger partial charge in [-0.15, -0.1) is 0 Å². The quantitative estimate of drug-likeness (QED) is 0.453. The van der Waals surface area contributed by atoms with E-state index in [9.17, 15) is 46.4 Å². The van der Waals surface area contributed by atoms with Crippen molar-refractivity contribution in [3.05, 3.63) is 0 Å². The Labute approximate surface area is 204 Å². The summed E-state index contributed by atoms with van der Waals surface area (Å²) < 4.78 is 68.0. The van der Waals surface area contributed by atoms with Gasteiger partial charge in [0.15, 0.2) is 0 Å². The summed E-state index contributed by atoms with van der Waals surface area (Å²) in [6, 6.07) is -4.05. The number of rotatable bonds is 6. The molecule has 0 radical (unpaired) electrons. The fraction of sp³-hybridized carbons (Fsp3) is 0.773. The molecule has 2 aliphatic heterocycles. The van der Waals surface area contributed by atoms with Gasteiger partial charge in [0.1, 0.15) is 18.1 Å². The Morgan fingerprint density at radius 2 is 1.86 bits per heavy atom. The van der Waals surface area contributed by atoms with Crippen LogP contribution in [0.1, 0.15) is 46.5 Å². The highest BCUT2D eigenvalue weighted by Gasteiger charge is 2.65. The molecular weight excluding hydrogens is 493 g/mol. The Morgan fingerprint density at radius 1 is 1.22 bits per heavy atom. The molecule has 2 saturated heterocycles. The highest BCUT2D eigenvalue weighted by atomic mass is 19.4. The second-order valence-electron chi connectivity index (χ2n) is 10.6. The molecule has 3 aliphatic rings. The summed E-state index contributed by atoms with van der Waals surface area (Å²) in [5, 5.41) is 16.0. The van der Waals surface area contributed by atoms with Crippen LogP contribution < -0.4 is 16.0 Å². The van der Waals surface area contributed by atoms with Crippen LogP contribution in [0.15, 0.2) is 0 Å². The van der Waals surface area contributed by atoms with Crippen LogP contribution in [-0.2, 0) is 19.2 Å². The molecule has 2 heterocycles. The van der Waals surface area contributed by atoms with E-state index in [0.29, 0.717) is 13.0 Å². The van der Waals surface area contributed by atoms with Crippen LogP contribution in [0.2, 0.25) is 0 Å². The van der Waals surface area contributed by atoms with E-state index in [0.717, 1.165) is 4.90 Å². The average molecular weight is 521 g/mol. The predicted octanol–water partition coefficient (Wildman–Crippen LogP) is 1.24. The summed E-state index contributed by atoms with van der Waals surface area (Å²) in [6.07, 6.45) is -5.96. The number of carbonyl (C=O) groups excluding carboxylic acids is 4. The molecule has 3 rings (SSSR count). The van der Waals surface area contributed by atoms with Crippen LogP contribution in [0, 0.1) is 28.6 Å². The molecule has 0 spiro atoms. The van der Waals surface area contributed by atoms with Crippen molar-refractivity contribution in [3.8, 4) is 6.07 Å². The van der Waals surface area contributed by atoms with E-state index in [-0.39, 0.29) is 18.7 Å². The van der Waals surface area contributed by atoms with Crippen molar-refractivity contribution in [1.82, 2.24) is 20.9 Å². The topological polar surface area (TPSA) is 131 Å². The van der Waals surface area contributed by atoms with E-state index in [2.05, 4.69) is 10.6 Å². The van der Waals surface area contributed by atoms with Gasteiger partial charge < -0.3 is 20.9 Å². The third-order valence-corrected chi connectivity index (χ3v) is 6.97. The number of amides is 4. The van der Waals surface area contributed by atoms with Gasteiger partial charge in [-0.05, 0) is 24.7 Å². The molecule has 0 aromatic rings. The van der Waals surface area contributed by atoms with Gasteiger partial charge in [-0.2, -0.15) is 18.4 Å². The fourth-order valence-electron chi connectivity index (χ4n) is 5.20. The van der Waals surface area contributed by atoms with E-state index in [1.54, 1.807) is 5.32 Å². The first-order valence-corrected chi connectivity index (χ1v) is 11.5. The van der Waals surface area contributed by atoms with E-state index in [4.69, 9.17) is 0 Å². The summed E-state index contributed by atoms with van der Waals surface area (Å²) >= 11 is 0. The van der Waals surface area contributed by atoms with Crippen LogP contribution in [0.3, 0.4) is 0 Å². The number of fused-ring (bicyclic) bond motifs is 2. The van der Waals surface area contributed by atoms with Crippen molar-refractivity contribution < 1.29 is 41.1 Å². The second kappa shape index (κ2) is 9.48. The van der Waals surface area contributed by atoms with Gasteiger partial charge in [0.05, 0.1) is 12.0 Å². The summed E-state index contributed by atoms with van der Waals surface area (Å²) in [4.78, 5) is 50.9. The molecule has 1 saturated carbocycles. The largest absolute Gasteiger partial charge is 0.471 e. The monoisotopic (exact) mass is 521 g/mol. The standard InChI is InChI=1S/C22H28F5N5O4/c1-20(2,3)15(31-19(36)22(25,26)27)18(35)32-12-7-13(21(23,24)8-12)14(32)17(34)30-11(9-28)6-10-4-5-29-16(10)33/h10-15H,4-8H2,1-3H3,(H,29,33)(H,30,34)(H,31,36)/t10-,11-,12-,13-,14-,15+/m0/s1. The third-order valence-electron chi connectivity index (χ3n) is 6.97. The van der Waals surface area contributed by atoms with Crippen LogP contribution >= 0.6 is 0 Å². The number of hydrogen-bond donors (Lipinski definition) is 3. The highest BCUT2D eigenvalue weighted by molar-refractivity contribution is 5.95. The minimum absolute atomic E-state index is 0.0640. The van der Waals surface area contributed by atoms with E-state index in [1.807, 2.05) is 6.07 Å². The maximum atomic E-state index is 14.6. The summed E-state index contributed by atoms with van der Waals surface area (Å²) in [7, 11) is 0. The number of nitriles is 1. The SMILES string of the molecule is CC(C)(C)[C@H](NC(=O)C(F)(F)F)C(=O)N1[C@H]2C[C@@H]([C@H]1C(=O)N[C@H](C#N)C[C@@H]1CCNC1=O)C(F)(F)C2. The van der Waals surface area contributed by atoms with Gasteiger partial charge in [-0.3, -0.25) is 19.2 Å². The van der Waals surface area contributed by atoms with Gasteiger partial charge in [0.2, 0.25) is 17.7 Å². The number of nitrogens with zero attached hydrogens (tertiary/aromatic N) is 2.